The first-order valence-corrected chi connectivity index (χ1v) is 10.6. The zero-order valence-corrected chi connectivity index (χ0v) is 16.5. The molecule has 4 aliphatic rings. The highest BCUT2D eigenvalue weighted by atomic mass is 16.6. The first kappa shape index (κ1) is 18.6. The summed E-state index contributed by atoms with van der Waals surface area (Å²) in [6.45, 7) is 3.72. The average Bonchev–Trinajstić information content (AvgIpc) is 3.01. The van der Waals surface area contributed by atoms with Gasteiger partial charge in [-0.05, 0) is 87.5 Å². The summed E-state index contributed by atoms with van der Waals surface area (Å²) in [5.74, 6) is 5.25. The average molecular weight is 370 g/mol. The van der Waals surface area contributed by atoms with Gasteiger partial charge in [0, 0.05) is 12.3 Å². The fourth-order valence-electron chi connectivity index (χ4n) is 7.45. The van der Waals surface area contributed by atoms with E-state index < -0.39 is 5.60 Å². The Hall–Kier alpha value is -1.76. The van der Waals surface area contributed by atoms with E-state index in [0.717, 1.165) is 57.1 Å². The summed E-state index contributed by atoms with van der Waals surface area (Å²) >= 11 is 0. The molecule has 0 saturated heterocycles. The second-order valence-corrected chi connectivity index (χ2v) is 9.08. The van der Waals surface area contributed by atoms with Gasteiger partial charge >= 0.3 is 5.97 Å². The van der Waals surface area contributed by atoms with Crippen LogP contribution in [0.25, 0.3) is 0 Å². The molecule has 0 radical (unpaired) electrons. The van der Waals surface area contributed by atoms with Crippen LogP contribution >= 0.6 is 0 Å². The number of hydrogen-bond donors (Lipinski definition) is 1. The molecule has 27 heavy (non-hydrogen) atoms. The van der Waals surface area contributed by atoms with Crippen LogP contribution < -0.4 is 0 Å². The minimum atomic E-state index is -0.720. The highest BCUT2D eigenvalue weighted by molar-refractivity contribution is 5.96. The summed E-state index contributed by atoms with van der Waals surface area (Å²) in [5, 5.41) is 12.6. The monoisotopic (exact) mass is 369 g/mol. The molecule has 0 amide bonds. The molecule has 3 saturated carbocycles. The fraction of sp³-hybridized carbons (Fsp3) is 0.739. The molecule has 4 rings (SSSR count). The van der Waals surface area contributed by atoms with Crippen LogP contribution in [0.15, 0.2) is 16.8 Å². The molecule has 0 aliphatic heterocycles. The van der Waals surface area contributed by atoms with E-state index in [4.69, 9.17) is 16.4 Å². The van der Waals surface area contributed by atoms with Crippen molar-refractivity contribution >= 4 is 11.7 Å². The largest absolute Gasteiger partial charge is 0.445 e. The SMILES string of the molecule is C#C[C@]1(OC(C)=O)CC[C@@H]2[C@H]3CCC4=C/C(=N\O)CC[C@H]4[C@@H]3CC[C@]21CC. The van der Waals surface area contributed by atoms with Crippen LogP contribution in [0.1, 0.15) is 71.6 Å². The lowest BCUT2D eigenvalue weighted by molar-refractivity contribution is -0.170. The number of oxime groups is 1. The molecule has 0 heterocycles. The van der Waals surface area contributed by atoms with Gasteiger partial charge in [-0.1, -0.05) is 23.6 Å². The van der Waals surface area contributed by atoms with Crippen molar-refractivity contribution < 1.29 is 14.7 Å². The number of rotatable bonds is 2. The molecule has 0 aromatic rings. The summed E-state index contributed by atoms with van der Waals surface area (Å²) < 4.78 is 5.90. The van der Waals surface area contributed by atoms with Crippen molar-refractivity contribution in [2.75, 3.05) is 0 Å². The molecule has 0 aromatic heterocycles. The summed E-state index contributed by atoms with van der Waals surface area (Å²) in [6.07, 6.45) is 17.5. The molecule has 3 fully saturated rings. The predicted molar refractivity (Wildman–Crippen MR) is 104 cm³/mol. The third-order valence-electron chi connectivity index (χ3n) is 8.45. The van der Waals surface area contributed by atoms with Crippen molar-refractivity contribution in [3.63, 3.8) is 0 Å². The fourth-order valence-corrected chi connectivity index (χ4v) is 7.45. The number of esters is 1. The van der Waals surface area contributed by atoms with Crippen molar-refractivity contribution in [2.45, 2.75) is 77.2 Å². The van der Waals surface area contributed by atoms with Gasteiger partial charge in [0.05, 0.1) is 5.71 Å². The number of carbonyl (C=O) groups excluding carboxylic acids is 1. The summed E-state index contributed by atoms with van der Waals surface area (Å²) in [7, 11) is 0. The normalized spacial score (nSPS) is 44.5. The third kappa shape index (κ3) is 2.57. The van der Waals surface area contributed by atoms with Gasteiger partial charge in [-0.25, -0.2) is 0 Å². The van der Waals surface area contributed by atoms with E-state index >= 15 is 0 Å². The lowest BCUT2D eigenvalue weighted by Crippen LogP contribution is -2.55. The second-order valence-electron chi connectivity index (χ2n) is 9.08. The first-order chi connectivity index (χ1) is 13.0. The molecular weight excluding hydrogens is 338 g/mol. The number of terminal acetylenes is 1. The molecule has 146 valence electrons. The molecule has 0 spiro atoms. The van der Waals surface area contributed by atoms with Gasteiger partial charge in [-0.15, -0.1) is 6.42 Å². The van der Waals surface area contributed by atoms with E-state index in [2.05, 4.69) is 24.1 Å². The smallest absolute Gasteiger partial charge is 0.304 e. The van der Waals surface area contributed by atoms with E-state index in [1.807, 2.05) is 0 Å². The summed E-state index contributed by atoms with van der Waals surface area (Å²) in [5.41, 5.74) is 1.53. The van der Waals surface area contributed by atoms with Crippen LogP contribution in [0.5, 0.6) is 0 Å². The maximum atomic E-state index is 11.9. The Labute approximate surface area is 162 Å². The third-order valence-corrected chi connectivity index (χ3v) is 8.45. The van der Waals surface area contributed by atoms with Gasteiger partial charge in [0.2, 0.25) is 0 Å². The van der Waals surface area contributed by atoms with E-state index in [1.54, 1.807) is 0 Å². The maximum absolute atomic E-state index is 11.9. The van der Waals surface area contributed by atoms with E-state index in [9.17, 15) is 4.79 Å². The van der Waals surface area contributed by atoms with Crippen LogP contribution in [0.3, 0.4) is 0 Å². The summed E-state index contributed by atoms with van der Waals surface area (Å²) in [6, 6.07) is 0. The van der Waals surface area contributed by atoms with Crippen LogP contribution in [-0.2, 0) is 9.53 Å². The minimum absolute atomic E-state index is 0.0673. The van der Waals surface area contributed by atoms with Gasteiger partial charge in [0.1, 0.15) is 0 Å². The molecule has 1 N–H and O–H groups in total. The number of carbonyl (C=O) groups is 1. The second kappa shape index (κ2) is 6.69. The Kier molecular flexibility index (Phi) is 4.61. The van der Waals surface area contributed by atoms with Crippen LogP contribution in [0, 0.1) is 41.4 Å². The Balaban J connectivity index is 1.66. The number of nitrogens with zero attached hydrogens (tertiary/aromatic N) is 1. The lowest BCUT2D eigenvalue weighted by Gasteiger charge is -2.56. The Morgan fingerprint density at radius 1 is 1.30 bits per heavy atom. The summed E-state index contributed by atoms with van der Waals surface area (Å²) in [4.78, 5) is 11.9. The Bertz CT molecular complexity index is 732. The molecule has 4 nitrogen and oxygen atoms in total. The van der Waals surface area contributed by atoms with Crippen molar-refractivity contribution in [2.24, 2.45) is 34.2 Å². The van der Waals surface area contributed by atoms with Gasteiger partial charge in [0.15, 0.2) is 5.60 Å². The highest BCUT2D eigenvalue weighted by Crippen LogP contribution is 2.67. The number of allylic oxidation sites excluding steroid dienone is 2. The van der Waals surface area contributed by atoms with Crippen molar-refractivity contribution in [1.29, 1.82) is 0 Å². The van der Waals surface area contributed by atoms with Crippen LogP contribution in [0.2, 0.25) is 0 Å². The number of ether oxygens (including phenoxy) is 1. The molecule has 0 aromatic carbocycles. The molecule has 0 unspecified atom stereocenters. The molecule has 0 bridgehead atoms. The van der Waals surface area contributed by atoms with Gasteiger partial charge in [-0.3, -0.25) is 4.79 Å². The van der Waals surface area contributed by atoms with Crippen LogP contribution in [0.4, 0.5) is 0 Å². The van der Waals surface area contributed by atoms with Crippen molar-refractivity contribution in [3.05, 3.63) is 11.6 Å². The van der Waals surface area contributed by atoms with Gasteiger partial charge in [0.25, 0.3) is 0 Å². The Morgan fingerprint density at radius 2 is 2.11 bits per heavy atom. The van der Waals surface area contributed by atoms with Crippen LogP contribution in [-0.4, -0.2) is 22.5 Å². The van der Waals surface area contributed by atoms with Crippen molar-refractivity contribution in [3.8, 4) is 12.3 Å². The minimum Gasteiger partial charge on any atom is -0.445 e. The van der Waals surface area contributed by atoms with Gasteiger partial charge < -0.3 is 9.94 Å². The highest BCUT2D eigenvalue weighted by Gasteiger charge is 2.65. The molecule has 4 aliphatic carbocycles. The first-order valence-electron chi connectivity index (χ1n) is 10.6. The predicted octanol–water partition coefficient (Wildman–Crippen LogP) is 4.71. The van der Waals surface area contributed by atoms with E-state index in [-0.39, 0.29) is 11.4 Å². The topological polar surface area (TPSA) is 58.9 Å². The molecular formula is C23H31NO3. The zero-order chi connectivity index (χ0) is 19.2. The van der Waals surface area contributed by atoms with Crippen molar-refractivity contribution in [1.82, 2.24) is 0 Å². The lowest BCUT2D eigenvalue weighted by atomic mass is 9.49. The Morgan fingerprint density at radius 3 is 2.78 bits per heavy atom. The van der Waals surface area contributed by atoms with Gasteiger partial charge in [-0.2, -0.15) is 0 Å². The standard InChI is InChI=1S/C23H31NO3/c1-4-22-12-10-19-18-9-7-17(24-26)14-16(18)6-8-20(19)21(22)11-13-23(22,5-2)27-15(3)25/h2,14,18-21,26H,4,6-13H2,1,3H3/b24-17-/t18-,19+,20+,21-,22-,23+/m1/s1. The zero-order valence-electron chi connectivity index (χ0n) is 16.5. The molecule has 4 heteroatoms. The maximum Gasteiger partial charge on any atom is 0.304 e. The quantitative estimate of drug-likeness (QED) is 0.332. The van der Waals surface area contributed by atoms with E-state index in [0.29, 0.717) is 23.7 Å². The van der Waals surface area contributed by atoms with E-state index in [1.165, 1.54) is 18.9 Å². The molecule has 6 atom stereocenters. The number of fused-ring (bicyclic) bond motifs is 5. The number of hydrogen-bond acceptors (Lipinski definition) is 4.